The molecule has 0 N–H and O–H groups in total. The van der Waals surface area contributed by atoms with Crippen LogP contribution in [-0.2, 0) is 11.2 Å². The molecule has 1 heterocycles. The normalized spacial score (nSPS) is 13.5. The quantitative estimate of drug-likeness (QED) is 0.579. The lowest BCUT2D eigenvalue weighted by Crippen LogP contribution is -2.51. The van der Waals surface area contributed by atoms with E-state index in [9.17, 15) is 9.59 Å². The van der Waals surface area contributed by atoms with Crippen LogP contribution in [0.3, 0.4) is 0 Å². The van der Waals surface area contributed by atoms with Crippen molar-refractivity contribution in [3.63, 3.8) is 0 Å². The largest absolute Gasteiger partial charge is 0.497 e. The van der Waals surface area contributed by atoms with Gasteiger partial charge in [-0.2, -0.15) is 0 Å². The van der Waals surface area contributed by atoms with Crippen molar-refractivity contribution >= 4 is 11.8 Å². The highest BCUT2D eigenvalue weighted by Gasteiger charge is 2.25. The summed E-state index contributed by atoms with van der Waals surface area (Å²) in [5, 5.41) is 0. The van der Waals surface area contributed by atoms with Crippen LogP contribution in [0.25, 0.3) is 11.1 Å². The predicted octanol–water partition coefficient (Wildman–Crippen LogP) is 3.90. The standard InChI is InChI=1S/C27H28N2O4/c1-32-24-11-9-20(10-12-24)17-26(30)28-13-15-29(16-14-28)27(31)23-7-3-5-21(18-23)22-6-4-8-25(19-22)33-2/h3-12,18-19H,13-17H2,1-2H3. The topological polar surface area (TPSA) is 59.1 Å². The summed E-state index contributed by atoms with van der Waals surface area (Å²) in [5.74, 6) is 1.61. The molecule has 4 rings (SSSR count). The van der Waals surface area contributed by atoms with E-state index in [1.54, 1.807) is 14.2 Å². The van der Waals surface area contributed by atoms with Gasteiger partial charge in [-0.05, 0) is 53.1 Å². The van der Waals surface area contributed by atoms with Gasteiger partial charge in [0.15, 0.2) is 0 Å². The minimum Gasteiger partial charge on any atom is -0.497 e. The highest BCUT2D eigenvalue weighted by atomic mass is 16.5. The van der Waals surface area contributed by atoms with Crippen LogP contribution in [0.15, 0.2) is 72.8 Å². The Morgan fingerprint density at radius 2 is 1.33 bits per heavy atom. The van der Waals surface area contributed by atoms with Gasteiger partial charge in [-0.3, -0.25) is 9.59 Å². The van der Waals surface area contributed by atoms with E-state index in [0.29, 0.717) is 38.2 Å². The van der Waals surface area contributed by atoms with Gasteiger partial charge < -0.3 is 19.3 Å². The lowest BCUT2D eigenvalue weighted by Gasteiger charge is -2.35. The van der Waals surface area contributed by atoms with Crippen molar-refractivity contribution in [2.75, 3.05) is 40.4 Å². The Hall–Kier alpha value is -3.80. The molecule has 0 spiro atoms. The SMILES string of the molecule is COc1ccc(CC(=O)N2CCN(C(=O)c3cccc(-c4cccc(OC)c4)c3)CC2)cc1. The molecule has 0 atom stereocenters. The first-order valence-electron chi connectivity index (χ1n) is 11.0. The Balaban J connectivity index is 1.36. The molecule has 1 saturated heterocycles. The molecule has 0 radical (unpaired) electrons. The second kappa shape index (κ2) is 10.2. The van der Waals surface area contributed by atoms with Gasteiger partial charge in [-0.25, -0.2) is 0 Å². The van der Waals surface area contributed by atoms with Crippen molar-refractivity contribution in [2.24, 2.45) is 0 Å². The molecule has 6 nitrogen and oxygen atoms in total. The van der Waals surface area contributed by atoms with Gasteiger partial charge in [-0.15, -0.1) is 0 Å². The van der Waals surface area contributed by atoms with Gasteiger partial charge in [0.1, 0.15) is 11.5 Å². The molecule has 2 amide bonds. The maximum atomic E-state index is 13.1. The number of carbonyl (C=O) groups is 2. The Kier molecular flexibility index (Phi) is 6.93. The summed E-state index contributed by atoms with van der Waals surface area (Å²) >= 11 is 0. The summed E-state index contributed by atoms with van der Waals surface area (Å²) in [7, 11) is 3.26. The summed E-state index contributed by atoms with van der Waals surface area (Å²) < 4.78 is 10.5. The van der Waals surface area contributed by atoms with E-state index >= 15 is 0 Å². The van der Waals surface area contributed by atoms with Crippen LogP contribution in [0.5, 0.6) is 11.5 Å². The molecule has 6 heteroatoms. The molecular weight excluding hydrogens is 416 g/mol. The molecule has 0 aliphatic carbocycles. The predicted molar refractivity (Wildman–Crippen MR) is 128 cm³/mol. The molecule has 1 fully saturated rings. The number of benzene rings is 3. The van der Waals surface area contributed by atoms with Crippen LogP contribution in [-0.4, -0.2) is 62.0 Å². The number of rotatable bonds is 6. The summed E-state index contributed by atoms with van der Waals surface area (Å²) in [6, 6.07) is 23.0. The number of methoxy groups -OCH3 is 2. The third-order valence-corrected chi connectivity index (χ3v) is 5.95. The highest BCUT2D eigenvalue weighted by molar-refractivity contribution is 5.95. The minimum atomic E-state index is -0.0120. The summed E-state index contributed by atoms with van der Waals surface area (Å²) in [6.45, 7) is 2.12. The number of hydrogen-bond acceptors (Lipinski definition) is 4. The van der Waals surface area contributed by atoms with E-state index in [-0.39, 0.29) is 11.8 Å². The third-order valence-electron chi connectivity index (χ3n) is 5.95. The van der Waals surface area contributed by atoms with Crippen molar-refractivity contribution < 1.29 is 19.1 Å². The van der Waals surface area contributed by atoms with Crippen LogP contribution in [0.4, 0.5) is 0 Å². The fraction of sp³-hybridized carbons (Fsp3) is 0.259. The number of amides is 2. The average Bonchev–Trinajstić information content (AvgIpc) is 2.89. The number of nitrogens with zero attached hydrogens (tertiary/aromatic N) is 2. The van der Waals surface area contributed by atoms with E-state index in [4.69, 9.17) is 9.47 Å². The molecule has 3 aromatic carbocycles. The molecule has 1 aliphatic rings. The van der Waals surface area contributed by atoms with E-state index in [2.05, 4.69) is 0 Å². The highest BCUT2D eigenvalue weighted by Crippen LogP contribution is 2.25. The van der Waals surface area contributed by atoms with Crippen LogP contribution in [0.2, 0.25) is 0 Å². The van der Waals surface area contributed by atoms with Gasteiger partial charge >= 0.3 is 0 Å². The molecule has 33 heavy (non-hydrogen) atoms. The number of ether oxygens (including phenoxy) is 2. The Bertz CT molecular complexity index is 1120. The van der Waals surface area contributed by atoms with Gasteiger partial charge in [-0.1, -0.05) is 36.4 Å². The fourth-order valence-electron chi connectivity index (χ4n) is 4.01. The van der Waals surface area contributed by atoms with Crippen molar-refractivity contribution in [1.29, 1.82) is 0 Å². The lowest BCUT2D eigenvalue weighted by atomic mass is 10.0. The van der Waals surface area contributed by atoms with Gasteiger partial charge in [0, 0.05) is 31.7 Å². The van der Waals surface area contributed by atoms with Crippen molar-refractivity contribution in [3.05, 3.63) is 83.9 Å². The maximum absolute atomic E-state index is 13.1. The van der Waals surface area contributed by atoms with Crippen molar-refractivity contribution in [2.45, 2.75) is 6.42 Å². The van der Waals surface area contributed by atoms with Crippen LogP contribution in [0.1, 0.15) is 15.9 Å². The molecule has 3 aromatic rings. The number of carbonyl (C=O) groups excluding carboxylic acids is 2. The van der Waals surface area contributed by atoms with Gasteiger partial charge in [0.2, 0.25) is 5.91 Å². The second-order valence-electron chi connectivity index (χ2n) is 8.01. The van der Waals surface area contributed by atoms with Crippen LogP contribution < -0.4 is 9.47 Å². The van der Waals surface area contributed by atoms with E-state index in [0.717, 1.165) is 28.2 Å². The Labute approximate surface area is 194 Å². The molecule has 1 aliphatic heterocycles. The van der Waals surface area contributed by atoms with E-state index < -0.39 is 0 Å². The first-order chi connectivity index (χ1) is 16.1. The van der Waals surface area contributed by atoms with Crippen molar-refractivity contribution in [3.8, 4) is 22.6 Å². The Morgan fingerprint density at radius 1 is 0.727 bits per heavy atom. The molecule has 0 bridgehead atoms. The van der Waals surface area contributed by atoms with Gasteiger partial charge in [0.05, 0.1) is 20.6 Å². The molecular formula is C27H28N2O4. The fourth-order valence-corrected chi connectivity index (χ4v) is 4.01. The minimum absolute atomic E-state index is 0.0120. The number of hydrogen-bond donors (Lipinski definition) is 0. The Morgan fingerprint density at radius 3 is 2.00 bits per heavy atom. The summed E-state index contributed by atoms with van der Waals surface area (Å²) in [6.07, 6.45) is 0.348. The zero-order valence-corrected chi connectivity index (χ0v) is 19.0. The summed E-state index contributed by atoms with van der Waals surface area (Å²) in [4.78, 5) is 29.5. The maximum Gasteiger partial charge on any atom is 0.253 e. The summed E-state index contributed by atoms with van der Waals surface area (Å²) in [5.41, 5.74) is 3.56. The zero-order valence-electron chi connectivity index (χ0n) is 19.0. The van der Waals surface area contributed by atoms with E-state index in [1.807, 2.05) is 82.6 Å². The van der Waals surface area contributed by atoms with Gasteiger partial charge in [0.25, 0.3) is 5.91 Å². The smallest absolute Gasteiger partial charge is 0.253 e. The number of piperazine rings is 1. The molecule has 0 unspecified atom stereocenters. The average molecular weight is 445 g/mol. The molecule has 0 aromatic heterocycles. The zero-order chi connectivity index (χ0) is 23.2. The first-order valence-corrected chi connectivity index (χ1v) is 11.0. The van der Waals surface area contributed by atoms with E-state index in [1.165, 1.54) is 0 Å². The molecule has 0 saturated carbocycles. The third kappa shape index (κ3) is 5.34. The van der Waals surface area contributed by atoms with Crippen molar-refractivity contribution in [1.82, 2.24) is 9.80 Å². The van der Waals surface area contributed by atoms with Crippen LogP contribution in [0, 0.1) is 0 Å². The van der Waals surface area contributed by atoms with Crippen LogP contribution >= 0.6 is 0 Å². The second-order valence-corrected chi connectivity index (χ2v) is 8.01. The monoisotopic (exact) mass is 444 g/mol. The lowest BCUT2D eigenvalue weighted by molar-refractivity contribution is -0.131. The molecule has 170 valence electrons. The first kappa shape index (κ1) is 22.4.